The summed E-state index contributed by atoms with van der Waals surface area (Å²) in [6.07, 6.45) is 2.54. The molecule has 0 fully saturated rings. The smallest absolute Gasteiger partial charge is 0.279 e. The molecule has 5 nitrogen and oxygen atoms in total. The summed E-state index contributed by atoms with van der Waals surface area (Å²) in [5.74, 6) is 0.364. The van der Waals surface area contributed by atoms with Crippen molar-refractivity contribution in [2.75, 3.05) is 0 Å². The average Bonchev–Trinajstić information content (AvgIpc) is 3.09. The molecule has 25 heavy (non-hydrogen) atoms. The van der Waals surface area contributed by atoms with Crippen LogP contribution < -0.4 is 0 Å². The molecule has 0 spiro atoms. The second kappa shape index (κ2) is 7.43. The molecular formula is C17H12BrF2N5. The van der Waals surface area contributed by atoms with E-state index in [-0.39, 0.29) is 0 Å². The second-order valence-electron chi connectivity index (χ2n) is 5.07. The summed E-state index contributed by atoms with van der Waals surface area (Å²) in [6, 6.07) is 9.54. The van der Waals surface area contributed by atoms with Crippen molar-refractivity contribution < 1.29 is 8.78 Å². The first kappa shape index (κ1) is 17.1. The zero-order valence-corrected chi connectivity index (χ0v) is 14.3. The Hall–Kier alpha value is -2.74. The van der Waals surface area contributed by atoms with E-state index in [1.165, 1.54) is 12.4 Å². The number of alkyl halides is 2. The molecule has 0 aliphatic carbocycles. The minimum absolute atomic E-state index is 0.364. The standard InChI is InChI=1S/C17H12BrF2N5/c18-11-3-1-2-10(6-11)13-7-14(24-9-23-13)15-8-22-16(25-15)5-4-12(21)17(19)20/h1-9,17,21H,(H,22,25)/b5-4-,21-12?. The highest BCUT2D eigenvalue weighted by Crippen LogP contribution is 2.24. The molecule has 3 rings (SSSR count). The largest absolute Gasteiger partial charge is 0.337 e. The minimum Gasteiger partial charge on any atom is -0.337 e. The molecule has 0 atom stereocenters. The minimum atomic E-state index is -2.81. The fraction of sp³-hybridized carbons (Fsp3) is 0.0588. The van der Waals surface area contributed by atoms with E-state index >= 15 is 0 Å². The molecule has 0 saturated carbocycles. The monoisotopic (exact) mass is 403 g/mol. The summed E-state index contributed by atoms with van der Waals surface area (Å²) < 4.78 is 25.6. The number of halogens is 3. The maximum atomic E-state index is 12.3. The third-order valence-electron chi connectivity index (χ3n) is 3.31. The van der Waals surface area contributed by atoms with E-state index in [1.807, 2.05) is 30.3 Å². The van der Waals surface area contributed by atoms with Gasteiger partial charge in [0.2, 0.25) is 0 Å². The number of hydrogen-bond acceptors (Lipinski definition) is 4. The Balaban J connectivity index is 1.86. The average molecular weight is 404 g/mol. The predicted octanol–water partition coefficient (Wildman–Crippen LogP) is 4.59. The van der Waals surface area contributed by atoms with Crippen LogP contribution in [0.5, 0.6) is 0 Å². The van der Waals surface area contributed by atoms with Crippen molar-refractivity contribution in [3.63, 3.8) is 0 Å². The fourth-order valence-corrected chi connectivity index (χ4v) is 2.50. The molecule has 126 valence electrons. The predicted molar refractivity (Wildman–Crippen MR) is 95.5 cm³/mol. The number of rotatable bonds is 5. The molecule has 0 saturated heterocycles. The van der Waals surface area contributed by atoms with Crippen molar-refractivity contribution in [1.29, 1.82) is 5.41 Å². The van der Waals surface area contributed by atoms with Crippen molar-refractivity contribution in [3.8, 4) is 22.6 Å². The van der Waals surface area contributed by atoms with E-state index in [1.54, 1.807) is 6.20 Å². The Morgan fingerprint density at radius 1 is 1.16 bits per heavy atom. The van der Waals surface area contributed by atoms with E-state index in [2.05, 4.69) is 35.9 Å². The molecule has 2 N–H and O–H groups in total. The lowest BCUT2D eigenvalue weighted by Crippen LogP contribution is -2.03. The van der Waals surface area contributed by atoms with Crippen LogP contribution in [0.15, 0.2) is 53.4 Å². The van der Waals surface area contributed by atoms with Crippen LogP contribution in [-0.4, -0.2) is 32.1 Å². The second-order valence-corrected chi connectivity index (χ2v) is 5.99. The molecular weight excluding hydrogens is 392 g/mol. The molecule has 2 aromatic heterocycles. The summed E-state index contributed by atoms with van der Waals surface area (Å²) >= 11 is 3.43. The lowest BCUT2D eigenvalue weighted by atomic mass is 10.1. The number of allylic oxidation sites excluding steroid dienone is 1. The van der Waals surface area contributed by atoms with Gasteiger partial charge in [-0.15, -0.1) is 0 Å². The van der Waals surface area contributed by atoms with E-state index < -0.39 is 12.1 Å². The third-order valence-corrected chi connectivity index (χ3v) is 3.81. The van der Waals surface area contributed by atoms with Gasteiger partial charge in [-0.3, -0.25) is 5.41 Å². The fourth-order valence-electron chi connectivity index (χ4n) is 2.10. The Bertz CT molecular complexity index is 936. The summed E-state index contributed by atoms with van der Waals surface area (Å²) in [7, 11) is 0. The Morgan fingerprint density at radius 2 is 1.96 bits per heavy atom. The molecule has 0 unspecified atom stereocenters. The lowest BCUT2D eigenvalue weighted by Gasteiger charge is -2.03. The van der Waals surface area contributed by atoms with Crippen molar-refractivity contribution in [2.24, 2.45) is 0 Å². The third kappa shape index (κ3) is 4.21. The molecule has 1 aromatic carbocycles. The number of nitrogens with zero attached hydrogens (tertiary/aromatic N) is 3. The van der Waals surface area contributed by atoms with Crippen LogP contribution in [0.1, 0.15) is 5.82 Å². The molecule has 2 heterocycles. The van der Waals surface area contributed by atoms with Gasteiger partial charge in [-0.2, -0.15) is 0 Å². The van der Waals surface area contributed by atoms with Crippen LogP contribution in [0.3, 0.4) is 0 Å². The van der Waals surface area contributed by atoms with Gasteiger partial charge in [0.15, 0.2) is 0 Å². The SMILES string of the molecule is N=C(/C=C\c1ncc(-c2cc(-c3cccc(Br)c3)ncn2)[nH]1)C(F)F. The van der Waals surface area contributed by atoms with Gasteiger partial charge in [-0.05, 0) is 30.4 Å². The maximum Gasteiger partial charge on any atom is 0.279 e. The zero-order valence-electron chi connectivity index (χ0n) is 12.7. The van der Waals surface area contributed by atoms with Gasteiger partial charge in [0, 0.05) is 10.0 Å². The number of H-pyrrole nitrogens is 1. The van der Waals surface area contributed by atoms with Crippen molar-refractivity contribution >= 4 is 27.7 Å². The van der Waals surface area contributed by atoms with Crippen molar-refractivity contribution in [3.05, 3.63) is 59.2 Å². The zero-order chi connectivity index (χ0) is 17.8. The maximum absolute atomic E-state index is 12.3. The highest BCUT2D eigenvalue weighted by Gasteiger charge is 2.09. The molecule has 8 heteroatoms. The first-order valence-electron chi connectivity index (χ1n) is 7.21. The molecule has 0 radical (unpaired) electrons. The van der Waals surface area contributed by atoms with Crippen LogP contribution in [0.4, 0.5) is 8.78 Å². The van der Waals surface area contributed by atoms with Crippen molar-refractivity contribution in [1.82, 2.24) is 19.9 Å². The van der Waals surface area contributed by atoms with Crippen LogP contribution in [0.25, 0.3) is 28.7 Å². The number of hydrogen-bond donors (Lipinski definition) is 2. The van der Waals surface area contributed by atoms with Gasteiger partial charge in [0.25, 0.3) is 6.43 Å². The van der Waals surface area contributed by atoms with E-state index in [4.69, 9.17) is 5.41 Å². The van der Waals surface area contributed by atoms with E-state index in [9.17, 15) is 8.78 Å². The van der Waals surface area contributed by atoms with Gasteiger partial charge < -0.3 is 4.98 Å². The Labute approximate surface area is 150 Å². The normalized spacial score (nSPS) is 11.4. The summed E-state index contributed by atoms with van der Waals surface area (Å²) in [6.45, 7) is 0. The summed E-state index contributed by atoms with van der Waals surface area (Å²) in [5.41, 5.74) is 2.17. The Morgan fingerprint density at radius 3 is 2.72 bits per heavy atom. The van der Waals surface area contributed by atoms with Gasteiger partial charge in [0.05, 0.1) is 29.0 Å². The molecule has 0 aliphatic rings. The number of imidazole rings is 1. The lowest BCUT2D eigenvalue weighted by molar-refractivity contribution is 0.226. The quantitative estimate of drug-likeness (QED) is 0.611. The van der Waals surface area contributed by atoms with E-state index in [0.717, 1.165) is 21.8 Å². The summed E-state index contributed by atoms with van der Waals surface area (Å²) in [5, 5.41) is 7.10. The first-order valence-corrected chi connectivity index (χ1v) is 8.00. The van der Waals surface area contributed by atoms with Gasteiger partial charge in [0.1, 0.15) is 12.2 Å². The molecule has 0 aliphatic heterocycles. The topological polar surface area (TPSA) is 78.3 Å². The molecule has 3 aromatic rings. The van der Waals surface area contributed by atoms with Crippen molar-refractivity contribution in [2.45, 2.75) is 6.43 Å². The number of aromatic amines is 1. The number of benzene rings is 1. The highest BCUT2D eigenvalue weighted by molar-refractivity contribution is 9.10. The molecule has 0 bridgehead atoms. The van der Waals surface area contributed by atoms with Crippen LogP contribution in [0, 0.1) is 5.41 Å². The number of nitrogens with one attached hydrogen (secondary N) is 2. The number of aromatic nitrogens is 4. The van der Waals surface area contributed by atoms with Crippen LogP contribution in [-0.2, 0) is 0 Å². The van der Waals surface area contributed by atoms with Crippen LogP contribution in [0.2, 0.25) is 0 Å². The molecule has 0 amide bonds. The van der Waals surface area contributed by atoms with Gasteiger partial charge in [-0.25, -0.2) is 23.7 Å². The highest BCUT2D eigenvalue weighted by atomic mass is 79.9. The van der Waals surface area contributed by atoms with Crippen LogP contribution >= 0.6 is 15.9 Å². The van der Waals surface area contributed by atoms with Gasteiger partial charge in [-0.1, -0.05) is 28.1 Å². The first-order chi connectivity index (χ1) is 12.0. The summed E-state index contributed by atoms with van der Waals surface area (Å²) in [4.78, 5) is 15.5. The van der Waals surface area contributed by atoms with Gasteiger partial charge >= 0.3 is 0 Å². The van der Waals surface area contributed by atoms with E-state index in [0.29, 0.717) is 17.2 Å². The Kier molecular flexibility index (Phi) is 5.08.